The first kappa shape index (κ1) is 22.0. The van der Waals surface area contributed by atoms with Crippen LogP contribution in [0.4, 0.5) is 4.79 Å². The van der Waals surface area contributed by atoms with Gasteiger partial charge >= 0.3 is 12.1 Å². The van der Waals surface area contributed by atoms with Gasteiger partial charge in [0.1, 0.15) is 6.54 Å². The zero-order chi connectivity index (χ0) is 19.9. The number of carbonyl (C=O) groups excluding carboxylic acids is 2. The van der Waals surface area contributed by atoms with Crippen LogP contribution in [0.5, 0.6) is 0 Å². The third-order valence-electron chi connectivity index (χ3n) is 4.61. The monoisotopic (exact) mass is 369 g/mol. The fourth-order valence-corrected chi connectivity index (χ4v) is 2.88. The maximum absolute atomic E-state index is 12.4. The Balaban J connectivity index is 2.57. The van der Waals surface area contributed by atoms with Crippen LogP contribution in [-0.2, 0) is 14.3 Å². The topological polar surface area (TPSA) is 99.2 Å². The molecule has 2 amide bonds. The molecule has 0 saturated carbocycles. The summed E-state index contributed by atoms with van der Waals surface area (Å²) >= 11 is 0. The molecule has 0 aromatic heterocycles. The van der Waals surface area contributed by atoms with Gasteiger partial charge in [0.15, 0.2) is 6.23 Å². The molecule has 8 nitrogen and oxygen atoms in total. The lowest BCUT2D eigenvalue weighted by Crippen LogP contribution is -2.46. The Morgan fingerprint density at radius 1 is 1.35 bits per heavy atom. The lowest BCUT2D eigenvalue weighted by molar-refractivity contribution is -0.133. The zero-order valence-corrected chi connectivity index (χ0v) is 16.3. The second kappa shape index (κ2) is 10.2. The molecule has 0 spiro atoms. The number of likely N-dealkylation sites (N-methyl/N-ethyl adjacent to an activating group) is 1. The minimum atomic E-state index is -1.02. The third-order valence-corrected chi connectivity index (χ3v) is 4.61. The van der Waals surface area contributed by atoms with Crippen molar-refractivity contribution < 1.29 is 24.2 Å². The molecule has 26 heavy (non-hydrogen) atoms. The third kappa shape index (κ3) is 6.67. The second-order valence-corrected chi connectivity index (χ2v) is 7.08. The minimum Gasteiger partial charge on any atom is -0.478 e. The van der Waals surface area contributed by atoms with Crippen LogP contribution in [0, 0.1) is 5.92 Å². The fourth-order valence-electron chi connectivity index (χ4n) is 2.88. The van der Waals surface area contributed by atoms with E-state index in [4.69, 9.17) is 9.84 Å². The van der Waals surface area contributed by atoms with Crippen LogP contribution in [0.1, 0.15) is 40.0 Å². The summed E-state index contributed by atoms with van der Waals surface area (Å²) < 4.78 is 5.35. The Labute approximate surface area is 155 Å². The number of carboxylic acid groups (broad SMARTS) is 1. The lowest BCUT2D eigenvalue weighted by Gasteiger charge is -2.32. The molecule has 2 atom stereocenters. The molecular formula is C18H31N3O5. The molecular weight excluding hydrogens is 338 g/mol. The summed E-state index contributed by atoms with van der Waals surface area (Å²) in [7, 11) is 3.50. The number of nitrogens with zero attached hydrogens (tertiary/aromatic N) is 2. The van der Waals surface area contributed by atoms with E-state index < -0.39 is 12.1 Å². The number of aliphatic carboxylic acids is 1. The van der Waals surface area contributed by atoms with E-state index in [1.54, 1.807) is 13.1 Å². The van der Waals surface area contributed by atoms with Crippen molar-refractivity contribution in [3.05, 3.63) is 11.6 Å². The van der Waals surface area contributed by atoms with Crippen LogP contribution < -0.4 is 5.32 Å². The summed E-state index contributed by atoms with van der Waals surface area (Å²) in [6, 6.07) is -0.374. The number of hydrogen-bond donors (Lipinski definition) is 2. The molecule has 1 aliphatic rings. The number of piperidine rings is 1. The van der Waals surface area contributed by atoms with Gasteiger partial charge in [0.25, 0.3) is 0 Å². The van der Waals surface area contributed by atoms with E-state index >= 15 is 0 Å². The van der Waals surface area contributed by atoms with E-state index in [-0.39, 0.29) is 36.2 Å². The highest BCUT2D eigenvalue weighted by Gasteiger charge is 2.25. The van der Waals surface area contributed by atoms with Gasteiger partial charge in [-0.1, -0.05) is 19.9 Å². The Morgan fingerprint density at radius 2 is 2.00 bits per heavy atom. The fraction of sp³-hybridized carbons (Fsp3) is 0.722. The first-order valence-electron chi connectivity index (χ1n) is 8.95. The van der Waals surface area contributed by atoms with Crippen LogP contribution in [0.3, 0.4) is 0 Å². The highest BCUT2D eigenvalue weighted by molar-refractivity contribution is 5.86. The largest absolute Gasteiger partial charge is 0.478 e. The molecule has 8 heteroatoms. The van der Waals surface area contributed by atoms with Crippen LogP contribution in [-0.4, -0.2) is 72.3 Å². The number of hydrogen-bond acceptors (Lipinski definition) is 5. The Morgan fingerprint density at radius 3 is 2.54 bits per heavy atom. The maximum atomic E-state index is 12.4. The van der Waals surface area contributed by atoms with Gasteiger partial charge in [-0.3, -0.25) is 9.69 Å². The summed E-state index contributed by atoms with van der Waals surface area (Å²) in [5.74, 6) is -1.30. The van der Waals surface area contributed by atoms with Crippen LogP contribution >= 0.6 is 0 Å². The number of carbonyl (C=O) groups is 3. The number of carboxylic acids is 1. The second-order valence-electron chi connectivity index (χ2n) is 7.08. The molecule has 0 aliphatic carbocycles. The van der Waals surface area contributed by atoms with Gasteiger partial charge in [0, 0.05) is 19.2 Å². The van der Waals surface area contributed by atoms with E-state index in [0.717, 1.165) is 25.8 Å². The van der Waals surface area contributed by atoms with Crippen molar-refractivity contribution in [2.45, 2.75) is 52.3 Å². The normalized spacial score (nSPS) is 19.8. The molecule has 1 saturated heterocycles. The quantitative estimate of drug-likeness (QED) is 0.662. The molecule has 0 radical (unpaired) electrons. The van der Waals surface area contributed by atoms with Crippen molar-refractivity contribution in [3.63, 3.8) is 0 Å². The Hall–Kier alpha value is -2.09. The summed E-state index contributed by atoms with van der Waals surface area (Å²) in [6.07, 6.45) is 3.55. The van der Waals surface area contributed by atoms with Crippen LogP contribution in [0.15, 0.2) is 11.6 Å². The standard InChI is InChI=1S/C18H31N3O5/c1-12(2)14(10-13(3)17(23)24)21(5)15(22)11-19-18(25)26-16-8-6-7-9-20(16)4/h10,12,14,16H,6-9,11H2,1-5H3,(H,19,25)(H,23,24)/b13-10+/t14-,16?/m1/s1. The molecule has 148 valence electrons. The van der Waals surface area contributed by atoms with Gasteiger partial charge in [0.2, 0.25) is 5.91 Å². The highest BCUT2D eigenvalue weighted by Crippen LogP contribution is 2.16. The molecule has 2 N–H and O–H groups in total. The molecule has 1 heterocycles. The summed E-state index contributed by atoms with van der Waals surface area (Å²) in [5.41, 5.74) is 0.177. The van der Waals surface area contributed by atoms with Gasteiger partial charge in [0.05, 0.1) is 6.04 Å². The Kier molecular flexibility index (Phi) is 8.57. The number of likely N-dealkylation sites (tertiary alicyclic amines) is 1. The minimum absolute atomic E-state index is 0.0288. The van der Waals surface area contributed by atoms with E-state index in [1.165, 1.54) is 11.8 Å². The first-order valence-corrected chi connectivity index (χ1v) is 8.95. The Bertz CT molecular complexity index is 547. The van der Waals surface area contributed by atoms with Crippen molar-refractivity contribution in [1.29, 1.82) is 0 Å². The lowest BCUT2D eigenvalue weighted by atomic mass is 10.00. The van der Waals surface area contributed by atoms with Crippen LogP contribution in [0.2, 0.25) is 0 Å². The molecule has 0 aromatic carbocycles. The summed E-state index contributed by atoms with van der Waals surface area (Å²) in [4.78, 5) is 38.8. The molecule has 1 rings (SSSR count). The zero-order valence-electron chi connectivity index (χ0n) is 16.3. The van der Waals surface area contributed by atoms with Gasteiger partial charge in [-0.05, 0) is 39.2 Å². The van der Waals surface area contributed by atoms with Crippen molar-refractivity contribution >= 4 is 18.0 Å². The van der Waals surface area contributed by atoms with Gasteiger partial charge in [-0.25, -0.2) is 9.59 Å². The molecule has 1 fully saturated rings. The predicted octanol–water partition coefficient (Wildman–Crippen LogP) is 1.67. The SMILES string of the molecule is C/C(=C\[C@H](C(C)C)N(C)C(=O)CNC(=O)OC1CCCCN1C)C(=O)O. The van der Waals surface area contributed by atoms with E-state index in [1.807, 2.05) is 25.8 Å². The van der Waals surface area contributed by atoms with Gasteiger partial charge in [-0.15, -0.1) is 0 Å². The van der Waals surface area contributed by atoms with E-state index in [9.17, 15) is 14.4 Å². The summed E-state index contributed by atoms with van der Waals surface area (Å²) in [6.45, 7) is 5.98. The highest BCUT2D eigenvalue weighted by atomic mass is 16.6. The van der Waals surface area contributed by atoms with E-state index in [2.05, 4.69) is 5.32 Å². The number of nitrogens with one attached hydrogen (secondary N) is 1. The van der Waals surface area contributed by atoms with Crippen molar-refractivity contribution in [2.75, 3.05) is 27.2 Å². The number of ether oxygens (including phenoxy) is 1. The number of rotatable bonds is 7. The molecule has 1 aliphatic heterocycles. The van der Waals surface area contributed by atoms with Crippen LogP contribution in [0.25, 0.3) is 0 Å². The first-order chi connectivity index (χ1) is 12.1. The van der Waals surface area contributed by atoms with Gasteiger partial charge < -0.3 is 20.1 Å². The van der Waals surface area contributed by atoms with Crippen molar-refractivity contribution in [3.8, 4) is 0 Å². The number of alkyl carbamates (subject to hydrolysis) is 1. The molecule has 0 bridgehead atoms. The average molecular weight is 369 g/mol. The summed E-state index contributed by atoms with van der Waals surface area (Å²) in [5, 5.41) is 11.5. The van der Waals surface area contributed by atoms with Crippen molar-refractivity contribution in [1.82, 2.24) is 15.1 Å². The maximum Gasteiger partial charge on any atom is 0.409 e. The van der Waals surface area contributed by atoms with Crippen molar-refractivity contribution in [2.24, 2.45) is 5.92 Å². The van der Waals surface area contributed by atoms with E-state index in [0.29, 0.717) is 0 Å². The average Bonchev–Trinajstić information content (AvgIpc) is 2.58. The predicted molar refractivity (Wildman–Crippen MR) is 97.5 cm³/mol. The molecule has 0 aromatic rings. The van der Waals surface area contributed by atoms with Gasteiger partial charge in [-0.2, -0.15) is 0 Å². The smallest absolute Gasteiger partial charge is 0.409 e. The molecule has 1 unspecified atom stereocenters. The number of amides is 2.